The molecule has 1 aliphatic rings. The summed E-state index contributed by atoms with van der Waals surface area (Å²) in [6.07, 6.45) is -2.85. The Hall–Kier alpha value is -2.96. The molecule has 1 heterocycles. The molecule has 0 unspecified atom stereocenters. The summed E-state index contributed by atoms with van der Waals surface area (Å²) in [7, 11) is 0. The van der Waals surface area contributed by atoms with E-state index in [-0.39, 0.29) is 5.69 Å². The number of amides is 1. The van der Waals surface area contributed by atoms with Crippen molar-refractivity contribution in [2.75, 3.05) is 5.32 Å². The highest BCUT2D eigenvalue weighted by Crippen LogP contribution is 2.38. The number of carbonyl (C=O) groups excluding carboxylic acids is 1. The molecule has 158 valence electrons. The first kappa shape index (κ1) is 21.3. The number of benzene rings is 3. The standard InChI is InChI=1S/C23H14Cl2F3NO2/c24-19-8-3-14(10-20(19)25)12-31-16-5-1-13(2-6-16)9-18-17-7-4-15(23(26,27)28)11-21(17)29-22(18)30/h1-11H,12H2,(H,29,30)/b18-9+. The summed E-state index contributed by atoms with van der Waals surface area (Å²) in [5.41, 5.74) is 1.63. The fourth-order valence-electron chi connectivity index (χ4n) is 3.14. The van der Waals surface area contributed by atoms with Crippen LogP contribution in [0.1, 0.15) is 22.3 Å². The molecule has 3 aromatic carbocycles. The molecule has 3 nitrogen and oxygen atoms in total. The SMILES string of the molecule is O=C1Nc2cc(C(F)(F)F)ccc2/C1=C\c1ccc(OCc2ccc(Cl)c(Cl)c2)cc1. The molecule has 0 aliphatic carbocycles. The van der Waals surface area contributed by atoms with E-state index in [1.165, 1.54) is 6.07 Å². The molecular formula is C23H14Cl2F3NO2. The maximum atomic E-state index is 12.9. The van der Waals surface area contributed by atoms with E-state index in [4.69, 9.17) is 27.9 Å². The van der Waals surface area contributed by atoms with E-state index in [9.17, 15) is 18.0 Å². The number of nitrogens with one attached hydrogen (secondary N) is 1. The van der Waals surface area contributed by atoms with Crippen molar-refractivity contribution < 1.29 is 22.7 Å². The number of rotatable bonds is 4. The van der Waals surface area contributed by atoms with Crippen LogP contribution in [0.15, 0.2) is 60.7 Å². The van der Waals surface area contributed by atoms with Crippen LogP contribution in [-0.2, 0) is 17.6 Å². The molecule has 0 saturated carbocycles. The Morgan fingerprint density at radius 1 is 0.935 bits per heavy atom. The second kappa shape index (κ2) is 8.29. The minimum absolute atomic E-state index is 0.146. The third-order valence-corrected chi connectivity index (χ3v) is 5.45. The van der Waals surface area contributed by atoms with Gasteiger partial charge in [-0.3, -0.25) is 4.79 Å². The number of carbonyl (C=O) groups is 1. The number of ether oxygens (including phenoxy) is 1. The van der Waals surface area contributed by atoms with E-state index in [0.29, 0.717) is 39.1 Å². The van der Waals surface area contributed by atoms with Crippen LogP contribution in [-0.4, -0.2) is 5.91 Å². The molecule has 0 saturated heterocycles. The summed E-state index contributed by atoms with van der Waals surface area (Å²) < 4.78 is 44.4. The summed E-state index contributed by atoms with van der Waals surface area (Å²) in [6, 6.07) is 15.4. The van der Waals surface area contributed by atoms with Crippen molar-refractivity contribution >= 4 is 46.4 Å². The number of anilines is 1. The molecule has 0 fully saturated rings. The molecule has 31 heavy (non-hydrogen) atoms. The monoisotopic (exact) mass is 463 g/mol. The van der Waals surface area contributed by atoms with Gasteiger partial charge in [0.05, 0.1) is 15.6 Å². The Balaban J connectivity index is 1.50. The van der Waals surface area contributed by atoms with E-state index < -0.39 is 17.6 Å². The molecule has 0 bridgehead atoms. The maximum Gasteiger partial charge on any atom is 0.416 e. The van der Waals surface area contributed by atoms with Gasteiger partial charge >= 0.3 is 6.18 Å². The van der Waals surface area contributed by atoms with Crippen molar-refractivity contribution in [2.24, 2.45) is 0 Å². The molecule has 3 aromatic rings. The van der Waals surface area contributed by atoms with E-state index in [1.54, 1.807) is 42.5 Å². The molecule has 0 spiro atoms. The molecule has 8 heteroatoms. The molecule has 1 amide bonds. The Morgan fingerprint density at radius 3 is 2.35 bits per heavy atom. The Bertz CT molecular complexity index is 1190. The molecule has 1 N–H and O–H groups in total. The Kier molecular flexibility index (Phi) is 5.69. The number of hydrogen-bond acceptors (Lipinski definition) is 2. The van der Waals surface area contributed by atoms with Crippen LogP contribution < -0.4 is 10.1 Å². The number of hydrogen-bond donors (Lipinski definition) is 1. The van der Waals surface area contributed by atoms with Gasteiger partial charge in [-0.25, -0.2) is 0 Å². The van der Waals surface area contributed by atoms with Gasteiger partial charge in [0, 0.05) is 16.8 Å². The molecule has 0 radical (unpaired) electrons. The average molecular weight is 464 g/mol. The summed E-state index contributed by atoms with van der Waals surface area (Å²) in [5, 5.41) is 3.40. The van der Waals surface area contributed by atoms with Crippen LogP contribution in [0.25, 0.3) is 11.6 Å². The topological polar surface area (TPSA) is 38.3 Å². The van der Waals surface area contributed by atoms with Crippen molar-refractivity contribution in [1.29, 1.82) is 0 Å². The van der Waals surface area contributed by atoms with Crippen LogP contribution in [0, 0.1) is 0 Å². The Morgan fingerprint density at radius 2 is 1.68 bits per heavy atom. The van der Waals surface area contributed by atoms with E-state index in [2.05, 4.69) is 5.32 Å². The van der Waals surface area contributed by atoms with E-state index in [0.717, 1.165) is 17.7 Å². The lowest BCUT2D eigenvalue weighted by Gasteiger charge is -2.08. The summed E-state index contributed by atoms with van der Waals surface area (Å²) in [6.45, 7) is 0.300. The second-order valence-corrected chi connectivity index (χ2v) is 7.69. The highest BCUT2D eigenvalue weighted by Gasteiger charge is 2.33. The lowest BCUT2D eigenvalue weighted by atomic mass is 10.0. The van der Waals surface area contributed by atoms with Gasteiger partial charge in [-0.1, -0.05) is 47.5 Å². The fraction of sp³-hybridized carbons (Fsp3) is 0.0870. The largest absolute Gasteiger partial charge is 0.489 e. The third kappa shape index (κ3) is 4.70. The first-order chi connectivity index (χ1) is 14.7. The minimum atomic E-state index is -4.47. The lowest BCUT2D eigenvalue weighted by Crippen LogP contribution is -2.06. The molecule has 0 aromatic heterocycles. The van der Waals surface area contributed by atoms with E-state index in [1.807, 2.05) is 6.07 Å². The number of fused-ring (bicyclic) bond motifs is 1. The summed E-state index contributed by atoms with van der Waals surface area (Å²) in [5.74, 6) is 0.161. The van der Waals surface area contributed by atoms with Crippen molar-refractivity contribution in [3.63, 3.8) is 0 Å². The molecule has 0 atom stereocenters. The average Bonchev–Trinajstić information content (AvgIpc) is 3.04. The zero-order valence-corrected chi connectivity index (χ0v) is 17.3. The normalized spacial score (nSPS) is 14.5. The van der Waals surface area contributed by atoms with Crippen LogP contribution in [0.4, 0.5) is 18.9 Å². The van der Waals surface area contributed by atoms with Crippen LogP contribution in [0.5, 0.6) is 5.75 Å². The van der Waals surface area contributed by atoms with Gasteiger partial charge in [-0.15, -0.1) is 0 Å². The quantitative estimate of drug-likeness (QED) is 0.419. The fourth-order valence-corrected chi connectivity index (χ4v) is 3.46. The van der Waals surface area contributed by atoms with Gasteiger partial charge in [-0.2, -0.15) is 13.2 Å². The highest BCUT2D eigenvalue weighted by molar-refractivity contribution is 6.42. The van der Waals surface area contributed by atoms with Crippen LogP contribution >= 0.6 is 23.2 Å². The van der Waals surface area contributed by atoms with Crippen molar-refractivity contribution in [1.82, 2.24) is 0 Å². The Labute approximate surface area is 186 Å². The molecular weight excluding hydrogens is 450 g/mol. The van der Waals surface area contributed by atoms with Crippen molar-refractivity contribution in [3.05, 3.63) is 93.0 Å². The van der Waals surface area contributed by atoms with Crippen molar-refractivity contribution in [2.45, 2.75) is 12.8 Å². The van der Waals surface area contributed by atoms with Gasteiger partial charge in [-0.05, 0) is 53.6 Å². The van der Waals surface area contributed by atoms with Gasteiger partial charge in [0.2, 0.25) is 0 Å². The van der Waals surface area contributed by atoms with Gasteiger partial charge in [0.25, 0.3) is 5.91 Å². The zero-order valence-electron chi connectivity index (χ0n) is 15.8. The maximum absolute atomic E-state index is 12.9. The minimum Gasteiger partial charge on any atom is -0.489 e. The second-order valence-electron chi connectivity index (χ2n) is 6.88. The number of halogens is 5. The molecule has 1 aliphatic heterocycles. The summed E-state index contributed by atoms with van der Waals surface area (Å²) >= 11 is 11.9. The van der Waals surface area contributed by atoms with Crippen LogP contribution in [0.2, 0.25) is 10.0 Å². The van der Waals surface area contributed by atoms with Crippen LogP contribution in [0.3, 0.4) is 0 Å². The van der Waals surface area contributed by atoms with E-state index >= 15 is 0 Å². The third-order valence-electron chi connectivity index (χ3n) is 4.71. The smallest absolute Gasteiger partial charge is 0.416 e. The predicted octanol–water partition coefficient (Wildman–Crippen LogP) is 7.08. The molecule has 4 rings (SSSR count). The van der Waals surface area contributed by atoms with Gasteiger partial charge < -0.3 is 10.1 Å². The highest BCUT2D eigenvalue weighted by atomic mass is 35.5. The predicted molar refractivity (Wildman–Crippen MR) is 115 cm³/mol. The van der Waals surface area contributed by atoms with Gasteiger partial charge in [0.15, 0.2) is 0 Å². The zero-order chi connectivity index (χ0) is 22.2. The van der Waals surface area contributed by atoms with Gasteiger partial charge in [0.1, 0.15) is 12.4 Å². The lowest BCUT2D eigenvalue weighted by molar-refractivity contribution is -0.137. The summed E-state index contributed by atoms with van der Waals surface area (Å²) in [4.78, 5) is 12.3. The first-order valence-electron chi connectivity index (χ1n) is 9.12. The van der Waals surface area contributed by atoms with Crippen molar-refractivity contribution in [3.8, 4) is 5.75 Å². The number of alkyl halides is 3. The first-order valence-corrected chi connectivity index (χ1v) is 9.88.